The molecule has 2 fully saturated rings. The minimum atomic E-state index is -0.294. The van der Waals surface area contributed by atoms with Gasteiger partial charge in [-0.05, 0) is 92.7 Å². The zero-order chi connectivity index (χ0) is 25.5. The smallest absolute Gasteiger partial charge is 0.344 e. The van der Waals surface area contributed by atoms with Crippen LogP contribution >= 0.6 is 0 Å². The van der Waals surface area contributed by atoms with Gasteiger partial charge in [-0.15, -0.1) is 0 Å². The molecule has 3 aliphatic rings. The lowest BCUT2D eigenvalue weighted by Gasteiger charge is -2.32. The van der Waals surface area contributed by atoms with E-state index in [0.29, 0.717) is 17.8 Å². The second-order valence-electron chi connectivity index (χ2n) is 11.9. The minimum absolute atomic E-state index is 0.0548. The van der Waals surface area contributed by atoms with Crippen molar-refractivity contribution in [3.8, 4) is 5.75 Å². The van der Waals surface area contributed by atoms with Crippen LogP contribution in [0.15, 0.2) is 18.2 Å². The van der Waals surface area contributed by atoms with E-state index in [2.05, 4.69) is 13.0 Å². The molecule has 0 radical (unpaired) electrons. The van der Waals surface area contributed by atoms with Crippen molar-refractivity contribution in [2.24, 2.45) is 23.7 Å². The Morgan fingerprint density at radius 3 is 2.72 bits per heavy atom. The molecule has 1 aromatic carbocycles. The molecule has 1 aromatic rings. The highest BCUT2D eigenvalue weighted by atomic mass is 16.6. The van der Waals surface area contributed by atoms with Gasteiger partial charge in [-0.1, -0.05) is 64.0 Å². The van der Waals surface area contributed by atoms with E-state index in [1.807, 2.05) is 19.1 Å². The molecule has 202 valence electrons. The van der Waals surface area contributed by atoms with Crippen LogP contribution in [0.25, 0.3) is 0 Å². The molecule has 4 rings (SSSR count). The Labute approximate surface area is 218 Å². The van der Waals surface area contributed by atoms with Crippen LogP contribution in [0.4, 0.5) is 0 Å². The highest BCUT2D eigenvalue weighted by Crippen LogP contribution is 2.48. The average Bonchev–Trinajstić information content (AvgIpc) is 3.46. The van der Waals surface area contributed by atoms with E-state index >= 15 is 0 Å². The van der Waals surface area contributed by atoms with Crippen molar-refractivity contribution in [1.82, 2.24) is 0 Å². The van der Waals surface area contributed by atoms with E-state index < -0.39 is 0 Å². The van der Waals surface area contributed by atoms with Gasteiger partial charge >= 0.3 is 5.97 Å². The molecule has 0 unspecified atom stereocenters. The summed E-state index contributed by atoms with van der Waals surface area (Å²) >= 11 is 0. The van der Waals surface area contributed by atoms with E-state index in [-0.39, 0.29) is 36.8 Å². The van der Waals surface area contributed by atoms with E-state index in [1.54, 1.807) is 0 Å². The van der Waals surface area contributed by atoms with Crippen molar-refractivity contribution < 1.29 is 24.5 Å². The van der Waals surface area contributed by atoms with Gasteiger partial charge in [-0.2, -0.15) is 0 Å². The predicted molar refractivity (Wildman–Crippen MR) is 142 cm³/mol. The van der Waals surface area contributed by atoms with Crippen LogP contribution in [-0.2, 0) is 22.4 Å². The molecule has 0 saturated heterocycles. The molecule has 0 aliphatic heterocycles. The molecular weight excluding hydrogens is 452 g/mol. The van der Waals surface area contributed by atoms with Crippen molar-refractivity contribution in [2.45, 2.75) is 122 Å². The number of unbranched alkanes of at least 4 members (excludes halogenated alkanes) is 2. The molecule has 5 heteroatoms. The van der Waals surface area contributed by atoms with Gasteiger partial charge in [0.25, 0.3) is 0 Å². The van der Waals surface area contributed by atoms with Crippen LogP contribution in [0.1, 0.15) is 102 Å². The molecule has 0 bridgehead atoms. The summed E-state index contributed by atoms with van der Waals surface area (Å²) in [5, 5.41) is 21.3. The molecule has 0 aromatic heterocycles. The summed E-state index contributed by atoms with van der Waals surface area (Å²) < 4.78 is 11.6. The van der Waals surface area contributed by atoms with Crippen LogP contribution in [-0.4, -0.2) is 41.1 Å². The second-order valence-corrected chi connectivity index (χ2v) is 11.9. The first-order chi connectivity index (χ1) is 17.4. The van der Waals surface area contributed by atoms with E-state index in [1.165, 1.54) is 49.7 Å². The summed E-state index contributed by atoms with van der Waals surface area (Å²) in [6, 6.07) is 6.14. The molecule has 0 heterocycles. The maximum atomic E-state index is 12.4. The number of aliphatic hydroxyl groups excluding tert-OH is 2. The summed E-state index contributed by atoms with van der Waals surface area (Å²) in [4.78, 5) is 12.4. The quantitative estimate of drug-likeness (QED) is 0.256. The summed E-state index contributed by atoms with van der Waals surface area (Å²) in [7, 11) is 0. The van der Waals surface area contributed by atoms with Gasteiger partial charge < -0.3 is 19.7 Å². The molecule has 0 amide bonds. The van der Waals surface area contributed by atoms with E-state index in [4.69, 9.17) is 9.47 Å². The summed E-state index contributed by atoms with van der Waals surface area (Å²) in [5.41, 5.74) is 2.47. The standard InChI is InChI=1S/C31H48O5/c1-3-4-5-12-25(32)14-15-26-27-17-23-11-8-13-30(28(23)18-24(27)19-29(26)33)35-20-31(34)36-21(2)16-22-9-6-7-10-22/h8,11,13,21-22,24-27,29,32-33H,3-7,9-10,12,14-20H2,1-2H3/t21-,24+,25+,26-,27+,29-/m1/s1. The number of aliphatic hydroxyl groups is 2. The Bertz CT molecular complexity index is 832. The summed E-state index contributed by atoms with van der Waals surface area (Å²) in [5.74, 6) is 2.32. The maximum Gasteiger partial charge on any atom is 0.344 e. The normalized spacial score (nSPS) is 27.3. The Morgan fingerprint density at radius 2 is 1.94 bits per heavy atom. The molecule has 0 spiro atoms. The van der Waals surface area contributed by atoms with Gasteiger partial charge in [0.05, 0.1) is 18.3 Å². The lowest BCUT2D eigenvalue weighted by molar-refractivity contribution is -0.151. The Balaban J connectivity index is 1.29. The highest BCUT2D eigenvalue weighted by Gasteiger charge is 2.44. The third-order valence-electron chi connectivity index (χ3n) is 9.14. The molecular formula is C31H48O5. The summed E-state index contributed by atoms with van der Waals surface area (Å²) in [6.45, 7) is 4.12. The van der Waals surface area contributed by atoms with Gasteiger partial charge in [-0.3, -0.25) is 0 Å². The Kier molecular flexibility index (Phi) is 10.1. The number of esters is 1. The van der Waals surface area contributed by atoms with Crippen molar-refractivity contribution >= 4 is 5.97 Å². The molecule has 2 N–H and O–H groups in total. The van der Waals surface area contributed by atoms with Crippen LogP contribution in [0.2, 0.25) is 0 Å². The van der Waals surface area contributed by atoms with Gasteiger partial charge in [0.1, 0.15) is 5.75 Å². The maximum absolute atomic E-state index is 12.4. The van der Waals surface area contributed by atoms with Crippen LogP contribution in [0.3, 0.4) is 0 Å². The third-order valence-corrected chi connectivity index (χ3v) is 9.14. The monoisotopic (exact) mass is 500 g/mol. The van der Waals surface area contributed by atoms with Gasteiger partial charge in [0, 0.05) is 0 Å². The number of fused-ring (bicyclic) bond motifs is 2. The number of benzene rings is 1. The summed E-state index contributed by atoms with van der Waals surface area (Å²) in [6.07, 6.45) is 14.1. The van der Waals surface area contributed by atoms with Gasteiger partial charge in [0.15, 0.2) is 6.61 Å². The van der Waals surface area contributed by atoms with E-state index in [9.17, 15) is 15.0 Å². The van der Waals surface area contributed by atoms with Crippen LogP contribution in [0.5, 0.6) is 5.75 Å². The zero-order valence-corrected chi connectivity index (χ0v) is 22.5. The van der Waals surface area contributed by atoms with Crippen LogP contribution in [0, 0.1) is 23.7 Å². The Hall–Kier alpha value is -1.59. The number of rotatable bonds is 13. The number of hydrogen-bond donors (Lipinski definition) is 2. The van der Waals surface area contributed by atoms with E-state index in [0.717, 1.165) is 57.1 Å². The molecule has 3 aliphatic carbocycles. The minimum Gasteiger partial charge on any atom is -0.482 e. The van der Waals surface area contributed by atoms with Crippen molar-refractivity contribution in [3.05, 3.63) is 29.3 Å². The first-order valence-electron chi connectivity index (χ1n) is 14.7. The first-order valence-corrected chi connectivity index (χ1v) is 14.7. The molecule has 6 atom stereocenters. The second kappa shape index (κ2) is 13.3. The van der Waals surface area contributed by atoms with Gasteiger partial charge in [0.2, 0.25) is 0 Å². The SMILES string of the molecule is CCCCC[C@H](O)CC[C@@H]1[C@H]2Cc3cccc(OCC(=O)O[C@H](C)CC4CCCC4)c3C[C@H]2C[C@H]1O. The highest BCUT2D eigenvalue weighted by molar-refractivity contribution is 5.71. The first kappa shape index (κ1) is 27.4. The fourth-order valence-electron chi connectivity index (χ4n) is 7.26. The van der Waals surface area contributed by atoms with Gasteiger partial charge in [-0.25, -0.2) is 4.79 Å². The third kappa shape index (κ3) is 7.25. The van der Waals surface area contributed by atoms with Crippen LogP contribution < -0.4 is 4.74 Å². The number of ether oxygens (including phenoxy) is 2. The van der Waals surface area contributed by atoms with Crippen molar-refractivity contribution in [3.63, 3.8) is 0 Å². The fourth-order valence-corrected chi connectivity index (χ4v) is 7.26. The topological polar surface area (TPSA) is 76.0 Å². The lowest BCUT2D eigenvalue weighted by Crippen LogP contribution is -2.28. The number of carbonyl (C=O) groups excluding carboxylic acids is 1. The largest absolute Gasteiger partial charge is 0.482 e. The zero-order valence-electron chi connectivity index (χ0n) is 22.5. The number of hydrogen-bond acceptors (Lipinski definition) is 5. The lowest BCUT2D eigenvalue weighted by atomic mass is 9.73. The number of carbonyl (C=O) groups is 1. The molecule has 5 nitrogen and oxygen atoms in total. The molecule has 2 saturated carbocycles. The fraction of sp³-hybridized carbons (Fsp3) is 0.774. The predicted octanol–water partition coefficient (Wildman–Crippen LogP) is 6.01. The van der Waals surface area contributed by atoms with Crippen molar-refractivity contribution in [2.75, 3.05) is 6.61 Å². The average molecular weight is 501 g/mol. The van der Waals surface area contributed by atoms with Crippen molar-refractivity contribution in [1.29, 1.82) is 0 Å². The molecule has 36 heavy (non-hydrogen) atoms. The Morgan fingerprint density at radius 1 is 1.14 bits per heavy atom.